The van der Waals surface area contributed by atoms with Crippen LogP contribution in [0.5, 0.6) is 0 Å². The smallest absolute Gasteiger partial charge is 0.283 e. The monoisotopic (exact) mass is 524 g/mol. The predicted octanol–water partition coefficient (Wildman–Crippen LogP) is 3.64. The minimum atomic E-state index is -3.85. The van der Waals surface area contributed by atoms with Gasteiger partial charge in [-0.2, -0.15) is 0 Å². The van der Waals surface area contributed by atoms with Gasteiger partial charge in [-0.05, 0) is 73.5 Å². The largest absolute Gasteiger partial charge is 0.350 e. The molecular weight excluding hydrogens is 504 g/mol. The predicted molar refractivity (Wildman–Crippen MR) is 137 cm³/mol. The van der Waals surface area contributed by atoms with Gasteiger partial charge in [0.05, 0.1) is 10.6 Å². The van der Waals surface area contributed by atoms with Crippen molar-refractivity contribution in [2.75, 3.05) is 15.5 Å². The molecule has 184 valence electrons. The zero-order chi connectivity index (χ0) is 26.2. The minimum absolute atomic E-state index is 0.0810. The third-order valence-electron chi connectivity index (χ3n) is 5.47. The van der Waals surface area contributed by atoms with Gasteiger partial charge in [0.15, 0.2) is 0 Å². The number of nitrogens with one attached hydrogen (secondary N) is 2. The maximum atomic E-state index is 13.1. The van der Waals surface area contributed by atoms with Crippen molar-refractivity contribution in [2.24, 2.45) is 5.14 Å². The highest BCUT2D eigenvalue weighted by atomic mass is 35.5. The molecule has 0 bridgehead atoms. The molecule has 1 aliphatic heterocycles. The highest BCUT2D eigenvalue weighted by molar-refractivity contribution is 7.89. The number of nitrogens with zero attached hydrogens (tertiary/aromatic N) is 1. The number of carbonyl (C=O) groups excluding carboxylic acids is 3. The SMILES string of the molecule is Cc1ccc(C)c(N2C(=O)C(Cl)=C(Nc3cccc(C(=O)Nc4ccc(S(N)(=O)=O)cc4)c3)C2=O)c1. The van der Waals surface area contributed by atoms with E-state index in [2.05, 4.69) is 10.6 Å². The lowest BCUT2D eigenvalue weighted by Crippen LogP contribution is -2.33. The van der Waals surface area contributed by atoms with Crippen LogP contribution in [0.15, 0.2) is 82.4 Å². The van der Waals surface area contributed by atoms with E-state index in [9.17, 15) is 22.8 Å². The van der Waals surface area contributed by atoms with Crippen molar-refractivity contribution in [2.45, 2.75) is 18.7 Å². The van der Waals surface area contributed by atoms with E-state index in [1.165, 1.54) is 30.3 Å². The van der Waals surface area contributed by atoms with E-state index in [1.54, 1.807) is 31.2 Å². The van der Waals surface area contributed by atoms with Crippen LogP contribution >= 0.6 is 11.6 Å². The maximum Gasteiger partial charge on any atom is 0.283 e. The Kier molecular flexibility index (Phi) is 6.68. The fourth-order valence-corrected chi connectivity index (χ4v) is 4.33. The van der Waals surface area contributed by atoms with Crippen molar-refractivity contribution in [3.05, 3.63) is 94.1 Å². The summed E-state index contributed by atoms with van der Waals surface area (Å²) in [6, 6.07) is 17.1. The standard InChI is InChI=1S/C25H21ClN4O5S/c1-14-6-7-15(2)20(12-14)30-24(32)21(26)22(25(30)33)28-18-5-3-4-16(13-18)23(31)29-17-8-10-19(11-9-17)36(27,34)35/h3-13,28H,1-2H3,(H,29,31)(H2,27,34,35). The number of halogens is 1. The van der Waals surface area contributed by atoms with Crippen molar-refractivity contribution in [3.8, 4) is 0 Å². The summed E-state index contributed by atoms with van der Waals surface area (Å²) in [6.45, 7) is 3.65. The summed E-state index contributed by atoms with van der Waals surface area (Å²) in [4.78, 5) is 39.6. The molecule has 3 amide bonds. The molecule has 3 aromatic rings. The number of hydrogen-bond acceptors (Lipinski definition) is 6. The van der Waals surface area contributed by atoms with Gasteiger partial charge in [-0.15, -0.1) is 0 Å². The topological polar surface area (TPSA) is 139 Å². The zero-order valence-corrected chi connectivity index (χ0v) is 20.8. The number of nitrogens with two attached hydrogens (primary N) is 1. The Morgan fingerprint density at radius 1 is 0.917 bits per heavy atom. The van der Waals surface area contributed by atoms with Crippen LogP contribution in [0, 0.1) is 13.8 Å². The van der Waals surface area contributed by atoms with Gasteiger partial charge in [-0.1, -0.05) is 29.8 Å². The first-order valence-electron chi connectivity index (χ1n) is 10.6. The summed E-state index contributed by atoms with van der Waals surface area (Å²) in [7, 11) is -3.85. The van der Waals surface area contributed by atoms with Crippen LogP contribution in [-0.4, -0.2) is 26.1 Å². The van der Waals surface area contributed by atoms with E-state index in [0.29, 0.717) is 17.1 Å². The van der Waals surface area contributed by atoms with Gasteiger partial charge in [-0.3, -0.25) is 14.4 Å². The molecule has 0 fully saturated rings. The maximum absolute atomic E-state index is 13.1. The quantitative estimate of drug-likeness (QED) is 0.421. The van der Waals surface area contributed by atoms with Gasteiger partial charge in [0.25, 0.3) is 17.7 Å². The highest BCUT2D eigenvalue weighted by Crippen LogP contribution is 2.32. The zero-order valence-electron chi connectivity index (χ0n) is 19.2. The molecule has 1 heterocycles. The van der Waals surface area contributed by atoms with E-state index >= 15 is 0 Å². The van der Waals surface area contributed by atoms with E-state index < -0.39 is 27.7 Å². The summed E-state index contributed by atoms with van der Waals surface area (Å²) in [5.41, 5.74) is 2.94. The minimum Gasteiger partial charge on any atom is -0.350 e. The van der Waals surface area contributed by atoms with Crippen LogP contribution < -0.4 is 20.7 Å². The molecule has 4 N–H and O–H groups in total. The van der Waals surface area contributed by atoms with Crippen molar-refractivity contribution in [3.63, 3.8) is 0 Å². The van der Waals surface area contributed by atoms with E-state index in [-0.39, 0.29) is 21.2 Å². The second-order valence-electron chi connectivity index (χ2n) is 8.15. The summed E-state index contributed by atoms with van der Waals surface area (Å²) >= 11 is 6.24. The van der Waals surface area contributed by atoms with Crippen LogP contribution in [0.2, 0.25) is 0 Å². The van der Waals surface area contributed by atoms with Crippen LogP contribution in [0.1, 0.15) is 21.5 Å². The van der Waals surface area contributed by atoms with Gasteiger partial charge in [0.2, 0.25) is 10.0 Å². The number of rotatable bonds is 6. The molecule has 11 heteroatoms. The molecule has 4 rings (SSSR count). The molecule has 0 spiro atoms. The number of anilines is 3. The van der Waals surface area contributed by atoms with Gasteiger partial charge in [0, 0.05) is 16.9 Å². The Morgan fingerprint density at radius 2 is 1.61 bits per heavy atom. The van der Waals surface area contributed by atoms with Crippen molar-refractivity contribution < 1.29 is 22.8 Å². The Morgan fingerprint density at radius 3 is 2.28 bits per heavy atom. The second-order valence-corrected chi connectivity index (χ2v) is 10.1. The Hall–Kier alpha value is -3.99. The molecule has 0 aromatic heterocycles. The number of aryl methyl sites for hydroxylation is 2. The lowest BCUT2D eigenvalue weighted by molar-refractivity contribution is -0.120. The van der Waals surface area contributed by atoms with Crippen LogP contribution in [0.4, 0.5) is 17.1 Å². The lowest BCUT2D eigenvalue weighted by Gasteiger charge is -2.18. The molecule has 9 nitrogen and oxygen atoms in total. The van der Waals surface area contributed by atoms with Gasteiger partial charge >= 0.3 is 0 Å². The normalized spacial score (nSPS) is 13.8. The highest BCUT2D eigenvalue weighted by Gasteiger charge is 2.39. The van der Waals surface area contributed by atoms with Crippen LogP contribution in [-0.2, 0) is 19.6 Å². The summed E-state index contributed by atoms with van der Waals surface area (Å²) in [6.07, 6.45) is 0. The molecule has 0 aliphatic carbocycles. The third kappa shape index (κ3) is 5.01. The molecule has 1 aliphatic rings. The molecule has 0 unspecified atom stereocenters. The fraction of sp³-hybridized carbons (Fsp3) is 0.0800. The molecule has 3 aromatic carbocycles. The van der Waals surface area contributed by atoms with Crippen LogP contribution in [0.3, 0.4) is 0 Å². The number of imide groups is 1. The second kappa shape index (κ2) is 9.57. The Labute approximate surface area is 212 Å². The van der Waals surface area contributed by atoms with Crippen molar-refractivity contribution in [1.82, 2.24) is 0 Å². The van der Waals surface area contributed by atoms with E-state index in [1.807, 2.05) is 19.1 Å². The Bertz CT molecular complexity index is 1550. The average molecular weight is 525 g/mol. The summed E-state index contributed by atoms with van der Waals surface area (Å²) in [5.74, 6) is -1.73. The molecule has 36 heavy (non-hydrogen) atoms. The number of carbonyl (C=O) groups is 3. The number of amides is 3. The van der Waals surface area contributed by atoms with Gasteiger partial charge in [-0.25, -0.2) is 18.5 Å². The first-order chi connectivity index (χ1) is 17.0. The van der Waals surface area contributed by atoms with Gasteiger partial charge in [0.1, 0.15) is 10.7 Å². The fourth-order valence-electron chi connectivity index (χ4n) is 3.60. The average Bonchev–Trinajstić information content (AvgIpc) is 3.03. The first-order valence-corrected chi connectivity index (χ1v) is 12.6. The third-order valence-corrected chi connectivity index (χ3v) is 6.75. The summed E-state index contributed by atoms with van der Waals surface area (Å²) in [5, 5.41) is 10.3. The van der Waals surface area contributed by atoms with E-state index in [0.717, 1.165) is 16.0 Å². The van der Waals surface area contributed by atoms with E-state index in [4.69, 9.17) is 16.7 Å². The summed E-state index contributed by atoms with van der Waals surface area (Å²) < 4.78 is 22.8. The number of benzene rings is 3. The number of primary sulfonamides is 1. The molecule has 0 radical (unpaired) electrons. The van der Waals surface area contributed by atoms with Crippen LogP contribution in [0.25, 0.3) is 0 Å². The molecule has 0 saturated heterocycles. The Balaban J connectivity index is 1.53. The first kappa shape index (κ1) is 25.1. The number of hydrogen-bond donors (Lipinski definition) is 3. The lowest BCUT2D eigenvalue weighted by atomic mass is 10.1. The van der Waals surface area contributed by atoms with Gasteiger partial charge < -0.3 is 10.6 Å². The molecule has 0 atom stereocenters. The number of sulfonamides is 1. The molecular formula is C25H21ClN4O5S. The van der Waals surface area contributed by atoms with Crippen molar-refractivity contribution >= 4 is 56.4 Å². The molecule has 0 saturated carbocycles. The van der Waals surface area contributed by atoms with Crippen molar-refractivity contribution in [1.29, 1.82) is 0 Å².